The van der Waals surface area contributed by atoms with E-state index in [4.69, 9.17) is 5.11 Å². The molecule has 0 radical (unpaired) electrons. The van der Waals surface area contributed by atoms with E-state index in [0.29, 0.717) is 6.92 Å². The van der Waals surface area contributed by atoms with Crippen molar-refractivity contribution in [1.82, 2.24) is 0 Å². The zero-order valence-corrected chi connectivity index (χ0v) is 15.5. The molecule has 0 aromatic heterocycles. The van der Waals surface area contributed by atoms with Crippen molar-refractivity contribution in [2.24, 2.45) is 0 Å². The largest absolute Gasteiger partial charge is 1.00 e. The number of carboxylic acids is 1. The van der Waals surface area contributed by atoms with Gasteiger partial charge in [0.05, 0.1) is 5.34 Å². The summed E-state index contributed by atoms with van der Waals surface area (Å²) in [5.41, 5.74) is 0. The standard InChI is InChI=1S/C4H9O6P.3Na/c1-4(7,2-3(5)6)11(8,9)10;;;/h7H,2H2,1H3,(H,5,6)(H2,8,9,10);;;/q;3*+1/p-3. The molecule has 0 heterocycles. The summed E-state index contributed by atoms with van der Waals surface area (Å²) < 4.78 is 10.1. The van der Waals surface area contributed by atoms with E-state index in [2.05, 4.69) is 0 Å². The van der Waals surface area contributed by atoms with Crippen molar-refractivity contribution < 1.29 is 118 Å². The van der Waals surface area contributed by atoms with Crippen molar-refractivity contribution in [2.75, 3.05) is 0 Å². The summed E-state index contributed by atoms with van der Waals surface area (Å²) in [4.78, 5) is 30.0. The van der Waals surface area contributed by atoms with Gasteiger partial charge in [-0.2, -0.15) is 0 Å². The molecule has 0 aliphatic carbocycles. The SMILES string of the molecule is CC(O)(CC(=O)[O-])P(=O)([O-])[O-].[Na+].[Na+].[Na+]. The van der Waals surface area contributed by atoms with Crippen LogP contribution in [0.2, 0.25) is 0 Å². The van der Waals surface area contributed by atoms with Crippen LogP contribution < -0.4 is 104 Å². The maximum atomic E-state index is 10.1. The van der Waals surface area contributed by atoms with E-state index in [0.717, 1.165) is 0 Å². The minimum Gasteiger partial charge on any atom is -0.809 e. The minimum atomic E-state index is -5.29. The summed E-state index contributed by atoms with van der Waals surface area (Å²) in [5.74, 6) is -1.79. The van der Waals surface area contributed by atoms with Gasteiger partial charge < -0.3 is 29.4 Å². The first-order valence-corrected chi connectivity index (χ1v) is 4.15. The molecule has 10 heteroatoms. The van der Waals surface area contributed by atoms with Gasteiger partial charge in [0.15, 0.2) is 0 Å². The molecule has 1 unspecified atom stereocenters. The number of carbonyl (C=O) groups is 1. The second-order valence-electron chi connectivity index (χ2n) is 2.26. The van der Waals surface area contributed by atoms with Crippen molar-refractivity contribution in [1.29, 1.82) is 0 Å². The van der Waals surface area contributed by atoms with Crippen LogP contribution in [0.15, 0.2) is 0 Å². The quantitative estimate of drug-likeness (QED) is 0.391. The van der Waals surface area contributed by atoms with Crippen molar-refractivity contribution in [2.45, 2.75) is 18.7 Å². The molecule has 66 valence electrons. The second kappa shape index (κ2) is 9.59. The van der Waals surface area contributed by atoms with E-state index >= 15 is 0 Å². The molecule has 0 saturated carbocycles. The summed E-state index contributed by atoms with van der Waals surface area (Å²) in [5, 5.41) is 15.7. The normalized spacial score (nSPS) is 13.7. The predicted octanol–water partition coefficient (Wildman–Crippen LogP) is -12.2. The maximum Gasteiger partial charge on any atom is 1.00 e. The second-order valence-corrected chi connectivity index (χ2v) is 4.22. The molecular weight excluding hydrogens is 244 g/mol. The fourth-order valence-electron chi connectivity index (χ4n) is 0.370. The van der Waals surface area contributed by atoms with Gasteiger partial charge in [0.2, 0.25) is 0 Å². The molecule has 1 N–H and O–H groups in total. The van der Waals surface area contributed by atoms with Crippen LogP contribution in [0.5, 0.6) is 0 Å². The van der Waals surface area contributed by atoms with Gasteiger partial charge >= 0.3 is 88.7 Å². The Bertz CT molecular complexity index is 213. The molecule has 0 saturated heterocycles. The summed E-state index contributed by atoms with van der Waals surface area (Å²) in [7, 11) is -5.29. The zero-order valence-electron chi connectivity index (χ0n) is 8.64. The molecule has 0 amide bonds. The molecule has 6 nitrogen and oxygen atoms in total. The smallest absolute Gasteiger partial charge is 0.809 e. The number of carboxylic acid groups (broad SMARTS) is 1. The Kier molecular flexibility index (Phi) is 17.4. The average molecular weight is 250 g/mol. The van der Waals surface area contributed by atoms with E-state index in [1.165, 1.54) is 0 Å². The van der Waals surface area contributed by atoms with Gasteiger partial charge in [-0.05, 0) is 14.5 Å². The van der Waals surface area contributed by atoms with Crippen LogP contribution in [0, 0.1) is 0 Å². The van der Waals surface area contributed by atoms with Crippen molar-refractivity contribution >= 4 is 13.6 Å². The third-order valence-electron chi connectivity index (χ3n) is 1.07. The Labute approximate surface area is 148 Å². The maximum absolute atomic E-state index is 10.1. The zero-order chi connectivity index (χ0) is 9.28. The van der Waals surface area contributed by atoms with Crippen LogP contribution in [0.1, 0.15) is 13.3 Å². The third kappa shape index (κ3) is 9.78. The van der Waals surface area contributed by atoms with Gasteiger partial charge in [0.1, 0.15) is 0 Å². The van der Waals surface area contributed by atoms with E-state index < -0.39 is 25.3 Å². The van der Waals surface area contributed by atoms with Gasteiger partial charge in [-0.25, -0.2) is 0 Å². The Morgan fingerprint density at radius 3 is 1.71 bits per heavy atom. The third-order valence-corrected chi connectivity index (χ3v) is 2.41. The molecule has 1 atom stereocenters. The van der Waals surface area contributed by atoms with Crippen LogP contribution in [0.3, 0.4) is 0 Å². The molecule has 14 heavy (non-hydrogen) atoms. The molecule has 0 rings (SSSR count). The summed E-state index contributed by atoms with van der Waals surface area (Å²) >= 11 is 0. The molecule has 0 aliphatic rings. The predicted molar refractivity (Wildman–Crippen MR) is 27.9 cm³/mol. The van der Waals surface area contributed by atoms with Gasteiger partial charge in [0.25, 0.3) is 0 Å². The first kappa shape index (κ1) is 25.4. The molecule has 0 fully saturated rings. The molecule has 0 spiro atoms. The fraction of sp³-hybridized carbons (Fsp3) is 0.750. The van der Waals surface area contributed by atoms with Crippen LogP contribution in [-0.4, -0.2) is 16.4 Å². The number of hydrogen-bond acceptors (Lipinski definition) is 6. The monoisotopic (exact) mass is 250 g/mol. The van der Waals surface area contributed by atoms with Crippen LogP contribution in [-0.2, 0) is 9.36 Å². The first-order chi connectivity index (χ1) is 4.67. The van der Waals surface area contributed by atoms with Gasteiger partial charge in [-0.15, -0.1) is 0 Å². The van der Waals surface area contributed by atoms with Crippen molar-refractivity contribution in [3.8, 4) is 0 Å². The Balaban J connectivity index is -0.000000167. The van der Waals surface area contributed by atoms with E-state index in [1.807, 2.05) is 0 Å². The minimum absolute atomic E-state index is 0. The van der Waals surface area contributed by atoms with E-state index in [-0.39, 0.29) is 88.7 Å². The van der Waals surface area contributed by atoms with Crippen molar-refractivity contribution in [3.05, 3.63) is 0 Å². The number of carbonyl (C=O) groups excluding carboxylic acids is 1. The molecule has 0 bridgehead atoms. The first-order valence-electron chi connectivity index (χ1n) is 2.61. The van der Waals surface area contributed by atoms with Crippen LogP contribution >= 0.6 is 7.60 Å². The van der Waals surface area contributed by atoms with E-state index in [1.54, 1.807) is 0 Å². The molecule has 0 aromatic rings. The fourth-order valence-corrected chi connectivity index (χ4v) is 0.693. The molecular formula is C4H6Na3O6P. The number of hydrogen-bond donors (Lipinski definition) is 1. The van der Waals surface area contributed by atoms with Gasteiger partial charge in [-0.3, -0.25) is 0 Å². The average Bonchev–Trinajstić information content (AvgIpc) is 1.56. The number of rotatable bonds is 3. The Morgan fingerprint density at radius 2 is 1.64 bits per heavy atom. The number of aliphatic hydroxyl groups is 1. The molecule has 0 aromatic carbocycles. The summed E-state index contributed by atoms with van der Waals surface area (Å²) in [6.45, 7) is 0.615. The van der Waals surface area contributed by atoms with E-state index in [9.17, 15) is 24.3 Å². The topological polar surface area (TPSA) is 124 Å². The van der Waals surface area contributed by atoms with Gasteiger partial charge in [-0.1, -0.05) is 0 Å². The molecule has 0 aliphatic heterocycles. The number of aliphatic carboxylic acids is 1. The summed E-state index contributed by atoms with van der Waals surface area (Å²) in [6, 6.07) is 0. The Hall–Kier alpha value is 2.58. The Morgan fingerprint density at radius 1 is 1.36 bits per heavy atom. The summed E-state index contributed by atoms with van der Waals surface area (Å²) in [6.07, 6.45) is -1.21. The van der Waals surface area contributed by atoms with Gasteiger partial charge in [0, 0.05) is 12.4 Å². The van der Waals surface area contributed by atoms with Crippen molar-refractivity contribution in [3.63, 3.8) is 0 Å². The van der Waals surface area contributed by atoms with Crippen LogP contribution in [0.25, 0.3) is 0 Å². The van der Waals surface area contributed by atoms with Crippen LogP contribution in [0.4, 0.5) is 0 Å².